The number of rotatable bonds is 12. The summed E-state index contributed by atoms with van der Waals surface area (Å²) in [5, 5.41) is 0. The highest BCUT2D eigenvalue weighted by atomic mass is 16.7. The smallest absolute Gasteiger partial charge is 0.157 e. The number of unbranched alkanes of at least 4 members (excludes halogenated alkanes) is 7. The first-order chi connectivity index (χ1) is 9.93. The van der Waals surface area contributed by atoms with Crippen molar-refractivity contribution in [2.45, 2.75) is 76.9 Å². The van der Waals surface area contributed by atoms with Gasteiger partial charge in [0.05, 0.1) is 0 Å². The van der Waals surface area contributed by atoms with Gasteiger partial charge in [0.1, 0.15) is 6.29 Å². The van der Waals surface area contributed by atoms with Crippen LogP contribution in [-0.2, 0) is 14.3 Å². The third kappa shape index (κ3) is 10.2. The van der Waals surface area contributed by atoms with Gasteiger partial charge in [-0.1, -0.05) is 38.2 Å². The molecule has 0 aromatic rings. The fourth-order valence-electron chi connectivity index (χ4n) is 2.46. The van der Waals surface area contributed by atoms with Crippen molar-refractivity contribution in [3.8, 4) is 0 Å². The van der Waals surface area contributed by atoms with E-state index in [9.17, 15) is 4.79 Å². The number of carbonyl (C=O) groups excluding carboxylic acids is 1. The Morgan fingerprint density at radius 1 is 1.00 bits per heavy atom. The van der Waals surface area contributed by atoms with Crippen LogP contribution in [0, 0.1) is 0 Å². The Morgan fingerprint density at radius 3 is 2.45 bits per heavy atom. The van der Waals surface area contributed by atoms with E-state index in [1.165, 1.54) is 51.4 Å². The minimum atomic E-state index is 0.0724. The molecule has 116 valence electrons. The summed E-state index contributed by atoms with van der Waals surface area (Å²) in [6, 6.07) is 0. The summed E-state index contributed by atoms with van der Waals surface area (Å²) in [5.74, 6) is 0. The summed E-state index contributed by atoms with van der Waals surface area (Å²) < 4.78 is 11.2. The highest BCUT2D eigenvalue weighted by Gasteiger charge is 2.13. The molecule has 3 heteroatoms. The molecule has 0 aromatic heterocycles. The highest BCUT2D eigenvalue weighted by molar-refractivity contribution is 5.64. The molecule has 0 bridgehead atoms. The van der Waals surface area contributed by atoms with Crippen LogP contribution in [0.4, 0.5) is 0 Å². The second kappa shape index (κ2) is 13.3. The van der Waals surface area contributed by atoms with E-state index in [1.807, 2.05) is 6.08 Å². The van der Waals surface area contributed by atoms with E-state index in [-0.39, 0.29) is 6.29 Å². The van der Waals surface area contributed by atoms with Gasteiger partial charge in [0.25, 0.3) is 0 Å². The molecule has 1 heterocycles. The van der Waals surface area contributed by atoms with Crippen LogP contribution in [-0.4, -0.2) is 25.8 Å². The summed E-state index contributed by atoms with van der Waals surface area (Å²) >= 11 is 0. The molecule has 1 aliphatic rings. The van der Waals surface area contributed by atoms with Crippen molar-refractivity contribution in [1.29, 1.82) is 0 Å². The SMILES string of the molecule is O=C/C=C/CCCCCCCCCOC1CCCCO1. The van der Waals surface area contributed by atoms with Crippen molar-refractivity contribution in [2.24, 2.45) is 0 Å². The molecule has 1 saturated heterocycles. The number of ether oxygens (including phenoxy) is 2. The summed E-state index contributed by atoms with van der Waals surface area (Å²) in [5.41, 5.74) is 0. The van der Waals surface area contributed by atoms with Crippen LogP contribution >= 0.6 is 0 Å². The van der Waals surface area contributed by atoms with E-state index in [1.54, 1.807) is 6.08 Å². The van der Waals surface area contributed by atoms with Crippen LogP contribution in [0.15, 0.2) is 12.2 Å². The van der Waals surface area contributed by atoms with E-state index in [4.69, 9.17) is 9.47 Å². The van der Waals surface area contributed by atoms with Crippen LogP contribution in [0.5, 0.6) is 0 Å². The van der Waals surface area contributed by atoms with Crippen molar-refractivity contribution < 1.29 is 14.3 Å². The summed E-state index contributed by atoms with van der Waals surface area (Å²) in [6.07, 6.45) is 17.8. The maximum absolute atomic E-state index is 10.1. The molecular formula is C17H30O3. The Morgan fingerprint density at radius 2 is 1.75 bits per heavy atom. The molecule has 0 radical (unpaired) electrons. The largest absolute Gasteiger partial charge is 0.353 e. The van der Waals surface area contributed by atoms with Gasteiger partial charge in [-0.2, -0.15) is 0 Å². The quantitative estimate of drug-likeness (QED) is 0.302. The Bertz CT molecular complexity index is 245. The van der Waals surface area contributed by atoms with Crippen molar-refractivity contribution >= 4 is 6.29 Å². The molecule has 0 N–H and O–H groups in total. The van der Waals surface area contributed by atoms with Gasteiger partial charge in [-0.25, -0.2) is 0 Å². The molecule has 1 aliphatic heterocycles. The van der Waals surface area contributed by atoms with E-state index in [0.29, 0.717) is 0 Å². The Kier molecular flexibility index (Phi) is 11.6. The second-order valence-electron chi connectivity index (χ2n) is 5.49. The third-order valence-corrected chi connectivity index (χ3v) is 3.67. The van der Waals surface area contributed by atoms with Crippen LogP contribution < -0.4 is 0 Å². The van der Waals surface area contributed by atoms with Gasteiger partial charge in [0.2, 0.25) is 0 Å². The van der Waals surface area contributed by atoms with Crippen molar-refractivity contribution in [1.82, 2.24) is 0 Å². The van der Waals surface area contributed by atoms with Crippen molar-refractivity contribution in [3.05, 3.63) is 12.2 Å². The van der Waals surface area contributed by atoms with Gasteiger partial charge in [-0.15, -0.1) is 0 Å². The molecule has 0 aromatic carbocycles. The Hall–Kier alpha value is -0.670. The monoisotopic (exact) mass is 282 g/mol. The Balaban J connectivity index is 1.74. The predicted molar refractivity (Wildman–Crippen MR) is 81.7 cm³/mol. The number of allylic oxidation sites excluding steroid dienone is 2. The molecule has 1 rings (SSSR count). The fourth-order valence-corrected chi connectivity index (χ4v) is 2.46. The zero-order chi connectivity index (χ0) is 14.3. The van der Waals surface area contributed by atoms with Gasteiger partial charge in [-0.3, -0.25) is 4.79 Å². The third-order valence-electron chi connectivity index (χ3n) is 3.67. The first-order valence-electron chi connectivity index (χ1n) is 8.27. The minimum absolute atomic E-state index is 0.0724. The molecule has 0 spiro atoms. The van der Waals surface area contributed by atoms with E-state index in [2.05, 4.69) is 0 Å². The average molecular weight is 282 g/mol. The zero-order valence-corrected chi connectivity index (χ0v) is 12.7. The number of carbonyl (C=O) groups is 1. The first kappa shape index (κ1) is 17.4. The van der Waals surface area contributed by atoms with Gasteiger partial charge < -0.3 is 9.47 Å². The molecule has 1 unspecified atom stereocenters. The molecular weight excluding hydrogens is 252 g/mol. The van der Waals surface area contributed by atoms with E-state index < -0.39 is 0 Å². The molecule has 0 aliphatic carbocycles. The molecule has 20 heavy (non-hydrogen) atoms. The molecule has 0 saturated carbocycles. The number of hydrogen-bond acceptors (Lipinski definition) is 3. The lowest BCUT2D eigenvalue weighted by molar-refractivity contribution is -0.162. The molecule has 1 atom stereocenters. The average Bonchev–Trinajstić information content (AvgIpc) is 2.49. The van der Waals surface area contributed by atoms with Gasteiger partial charge in [0.15, 0.2) is 6.29 Å². The molecule has 0 amide bonds. The van der Waals surface area contributed by atoms with Crippen molar-refractivity contribution in [3.63, 3.8) is 0 Å². The zero-order valence-electron chi connectivity index (χ0n) is 12.7. The lowest BCUT2D eigenvalue weighted by atomic mass is 10.1. The maximum Gasteiger partial charge on any atom is 0.157 e. The normalized spacial score (nSPS) is 19.5. The van der Waals surface area contributed by atoms with Crippen LogP contribution in [0.3, 0.4) is 0 Å². The molecule has 3 nitrogen and oxygen atoms in total. The maximum atomic E-state index is 10.1. The topological polar surface area (TPSA) is 35.5 Å². The lowest BCUT2D eigenvalue weighted by Gasteiger charge is -2.22. The minimum Gasteiger partial charge on any atom is -0.353 e. The lowest BCUT2D eigenvalue weighted by Crippen LogP contribution is -2.22. The van der Waals surface area contributed by atoms with Crippen LogP contribution in [0.2, 0.25) is 0 Å². The summed E-state index contributed by atoms with van der Waals surface area (Å²) in [4.78, 5) is 10.1. The Labute approximate surface area is 123 Å². The summed E-state index contributed by atoms with van der Waals surface area (Å²) in [7, 11) is 0. The number of aldehydes is 1. The van der Waals surface area contributed by atoms with E-state index >= 15 is 0 Å². The molecule has 1 fully saturated rings. The van der Waals surface area contributed by atoms with Gasteiger partial charge >= 0.3 is 0 Å². The van der Waals surface area contributed by atoms with Gasteiger partial charge in [0, 0.05) is 13.2 Å². The van der Waals surface area contributed by atoms with E-state index in [0.717, 1.165) is 38.8 Å². The summed E-state index contributed by atoms with van der Waals surface area (Å²) in [6.45, 7) is 1.72. The number of hydrogen-bond donors (Lipinski definition) is 0. The van der Waals surface area contributed by atoms with Gasteiger partial charge in [-0.05, 0) is 44.6 Å². The second-order valence-corrected chi connectivity index (χ2v) is 5.49. The highest BCUT2D eigenvalue weighted by Crippen LogP contribution is 2.14. The fraction of sp³-hybridized carbons (Fsp3) is 0.824. The first-order valence-corrected chi connectivity index (χ1v) is 8.27. The van der Waals surface area contributed by atoms with Crippen LogP contribution in [0.1, 0.15) is 70.6 Å². The predicted octanol–water partition coefficient (Wildman–Crippen LogP) is 4.41. The van der Waals surface area contributed by atoms with Crippen LogP contribution in [0.25, 0.3) is 0 Å². The van der Waals surface area contributed by atoms with Crippen molar-refractivity contribution in [2.75, 3.05) is 13.2 Å². The standard InChI is InChI=1S/C17H30O3/c18-14-10-7-5-3-1-2-4-6-8-11-15-19-17-13-9-12-16-20-17/h7,10,14,17H,1-6,8-9,11-13,15-16H2/b10-7+.